The zero-order valence-corrected chi connectivity index (χ0v) is 10.3. The Kier molecular flexibility index (Phi) is 4.13. The molecule has 0 amide bonds. The molecule has 0 heterocycles. The van der Waals surface area contributed by atoms with Gasteiger partial charge in [-0.05, 0) is 31.4 Å². The molecule has 1 fully saturated rings. The van der Waals surface area contributed by atoms with Crippen LogP contribution in [-0.2, 0) is 0 Å². The highest BCUT2D eigenvalue weighted by molar-refractivity contribution is 5.20. The van der Waals surface area contributed by atoms with Gasteiger partial charge in [0.15, 0.2) is 0 Å². The Labute approximate surface area is 102 Å². The van der Waals surface area contributed by atoms with Crippen LogP contribution in [-0.4, -0.2) is 29.6 Å². The fourth-order valence-corrected chi connectivity index (χ4v) is 2.09. The molecule has 1 N–H and O–H groups in total. The second-order valence-electron chi connectivity index (χ2n) is 4.83. The van der Waals surface area contributed by atoms with Crippen LogP contribution in [0.5, 0.6) is 0 Å². The first-order valence-electron chi connectivity index (χ1n) is 6.35. The van der Waals surface area contributed by atoms with Crippen LogP contribution in [0.1, 0.15) is 31.4 Å². The van der Waals surface area contributed by atoms with Gasteiger partial charge >= 0.3 is 0 Å². The quantitative estimate of drug-likeness (QED) is 0.822. The molecule has 1 unspecified atom stereocenters. The van der Waals surface area contributed by atoms with Crippen LogP contribution in [0.4, 0.5) is 4.39 Å². The Morgan fingerprint density at radius 3 is 2.71 bits per heavy atom. The van der Waals surface area contributed by atoms with E-state index < -0.39 is 6.10 Å². The van der Waals surface area contributed by atoms with E-state index in [0.29, 0.717) is 12.1 Å². The molecule has 1 aliphatic rings. The Balaban J connectivity index is 1.94. The van der Waals surface area contributed by atoms with Gasteiger partial charge < -0.3 is 10.0 Å². The third-order valence-electron chi connectivity index (χ3n) is 3.36. The van der Waals surface area contributed by atoms with E-state index in [1.54, 1.807) is 18.2 Å². The second-order valence-corrected chi connectivity index (χ2v) is 4.83. The summed E-state index contributed by atoms with van der Waals surface area (Å²) in [4.78, 5) is 2.20. The first kappa shape index (κ1) is 12.5. The van der Waals surface area contributed by atoms with Gasteiger partial charge in [0.1, 0.15) is 5.82 Å². The van der Waals surface area contributed by atoms with Crippen molar-refractivity contribution in [1.82, 2.24) is 4.90 Å². The van der Waals surface area contributed by atoms with Crippen molar-refractivity contribution in [3.63, 3.8) is 0 Å². The lowest BCUT2D eigenvalue weighted by Crippen LogP contribution is -2.30. The number of likely N-dealkylation sites (N-methyl/N-ethyl adjacent to an activating group) is 1. The first-order valence-corrected chi connectivity index (χ1v) is 6.35. The van der Waals surface area contributed by atoms with Crippen LogP contribution in [0, 0.1) is 11.7 Å². The molecule has 0 aliphatic heterocycles. The predicted molar refractivity (Wildman–Crippen MR) is 66.2 cm³/mol. The van der Waals surface area contributed by atoms with E-state index in [1.165, 1.54) is 18.9 Å². The molecule has 1 atom stereocenters. The second kappa shape index (κ2) is 5.61. The number of nitrogens with zero attached hydrogens (tertiary/aromatic N) is 1. The minimum Gasteiger partial charge on any atom is -0.387 e. The Hall–Kier alpha value is -0.930. The van der Waals surface area contributed by atoms with Gasteiger partial charge in [-0.25, -0.2) is 4.39 Å². The number of aliphatic hydroxyl groups is 1. The van der Waals surface area contributed by atoms with E-state index in [-0.39, 0.29) is 5.82 Å². The number of hydrogen-bond donors (Lipinski definition) is 1. The molecule has 1 aliphatic carbocycles. The lowest BCUT2D eigenvalue weighted by molar-refractivity contribution is 0.110. The van der Waals surface area contributed by atoms with E-state index in [1.807, 2.05) is 0 Å². The van der Waals surface area contributed by atoms with Gasteiger partial charge in [0.05, 0.1) is 6.10 Å². The van der Waals surface area contributed by atoms with Crippen molar-refractivity contribution in [2.45, 2.75) is 25.9 Å². The molecule has 2 rings (SSSR count). The van der Waals surface area contributed by atoms with Crippen molar-refractivity contribution in [3.8, 4) is 0 Å². The molecule has 0 aromatic heterocycles. The predicted octanol–water partition coefficient (Wildman–Crippen LogP) is 2.59. The lowest BCUT2D eigenvalue weighted by atomic mass is 10.1. The molecule has 94 valence electrons. The molecule has 0 bridgehead atoms. The van der Waals surface area contributed by atoms with Crippen molar-refractivity contribution >= 4 is 0 Å². The standard InChI is InChI=1S/C14H20FNO/c1-2-16(9-11-7-8-11)10-14(17)12-5-3-4-6-13(12)15/h3-6,11,14,17H,2,7-10H2,1H3. The van der Waals surface area contributed by atoms with Gasteiger partial charge in [0, 0.05) is 18.7 Å². The molecular weight excluding hydrogens is 217 g/mol. The molecule has 0 spiro atoms. The largest absolute Gasteiger partial charge is 0.387 e. The zero-order valence-electron chi connectivity index (χ0n) is 10.3. The van der Waals surface area contributed by atoms with E-state index >= 15 is 0 Å². The Morgan fingerprint density at radius 2 is 2.12 bits per heavy atom. The molecule has 2 nitrogen and oxygen atoms in total. The van der Waals surface area contributed by atoms with E-state index in [9.17, 15) is 9.50 Å². The minimum absolute atomic E-state index is 0.317. The Bertz CT molecular complexity index is 365. The molecule has 1 aromatic rings. The summed E-state index contributed by atoms with van der Waals surface area (Å²) in [5, 5.41) is 10.1. The smallest absolute Gasteiger partial charge is 0.129 e. The highest BCUT2D eigenvalue weighted by Crippen LogP contribution is 2.30. The highest BCUT2D eigenvalue weighted by Gasteiger charge is 2.25. The molecule has 1 saturated carbocycles. The average Bonchev–Trinajstić information content (AvgIpc) is 3.12. The van der Waals surface area contributed by atoms with Crippen molar-refractivity contribution in [2.75, 3.05) is 19.6 Å². The van der Waals surface area contributed by atoms with Crippen LogP contribution in [0.25, 0.3) is 0 Å². The number of aliphatic hydroxyl groups excluding tert-OH is 1. The monoisotopic (exact) mass is 237 g/mol. The summed E-state index contributed by atoms with van der Waals surface area (Å²) >= 11 is 0. The zero-order chi connectivity index (χ0) is 12.3. The maximum absolute atomic E-state index is 13.5. The molecule has 17 heavy (non-hydrogen) atoms. The lowest BCUT2D eigenvalue weighted by Gasteiger charge is -2.23. The van der Waals surface area contributed by atoms with Crippen molar-refractivity contribution < 1.29 is 9.50 Å². The van der Waals surface area contributed by atoms with Crippen LogP contribution in [0.2, 0.25) is 0 Å². The molecule has 0 radical (unpaired) electrons. The van der Waals surface area contributed by atoms with Gasteiger partial charge in [-0.3, -0.25) is 0 Å². The molecular formula is C14H20FNO. The van der Waals surface area contributed by atoms with Gasteiger partial charge in [-0.1, -0.05) is 25.1 Å². The van der Waals surface area contributed by atoms with E-state index in [0.717, 1.165) is 19.0 Å². The first-order chi connectivity index (χ1) is 8.20. The van der Waals surface area contributed by atoms with Crippen LogP contribution < -0.4 is 0 Å². The van der Waals surface area contributed by atoms with Gasteiger partial charge in [-0.15, -0.1) is 0 Å². The van der Waals surface area contributed by atoms with Crippen molar-refractivity contribution in [1.29, 1.82) is 0 Å². The fraction of sp³-hybridized carbons (Fsp3) is 0.571. The SMILES string of the molecule is CCN(CC1CC1)CC(O)c1ccccc1F. The minimum atomic E-state index is -0.727. The topological polar surface area (TPSA) is 23.5 Å². The number of halogens is 1. The normalized spacial score (nSPS) is 17.4. The summed E-state index contributed by atoms with van der Waals surface area (Å²) in [6, 6.07) is 6.47. The van der Waals surface area contributed by atoms with Gasteiger partial charge in [-0.2, -0.15) is 0 Å². The van der Waals surface area contributed by atoms with Crippen molar-refractivity contribution in [3.05, 3.63) is 35.6 Å². The third kappa shape index (κ3) is 3.51. The van der Waals surface area contributed by atoms with Crippen molar-refractivity contribution in [2.24, 2.45) is 5.92 Å². The van der Waals surface area contributed by atoms with Crippen LogP contribution >= 0.6 is 0 Å². The Morgan fingerprint density at radius 1 is 1.41 bits per heavy atom. The molecule has 3 heteroatoms. The van der Waals surface area contributed by atoms with Crippen LogP contribution in [0.3, 0.4) is 0 Å². The summed E-state index contributed by atoms with van der Waals surface area (Å²) in [6.45, 7) is 4.54. The summed E-state index contributed by atoms with van der Waals surface area (Å²) in [5.74, 6) is 0.477. The summed E-state index contributed by atoms with van der Waals surface area (Å²) in [5.41, 5.74) is 0.404. The fourth-order valence-electron chi connectivity index (χ4n) is 2.09. The summed E-state index contributed by atoms with van der Waals surface area (Å²) < 4.78 is 13.5. The maximum atomic E-state index is 13.5. The highest BCUT2D eigenvalue weighted by atomic mass is 19.1. The van der Waals surface area contributed by atoms with Gasteiger partial charge in [0.2, 0.25) is 0 Å². The van der Waals surface area contributed by atoms with Gasteiger partial charge in [0.25, 0.3) is 0 Å². The van der Waals surface area contributed by atoms with E-state index in [2.05, 4.69) is 11.8 Å². The number of benzene rings is 1. The summed E-state index contributed by atoms with van der Waals surface area (Å²) in [6.07, 6.45) is 1.87. The average molecular weight is 237 g/mol. The molecule has 1 aromatic carbocycles. The number of rotatable bonds is 6. The maximum Gasteiger partial charge on any atom is 0.129 e. The van der Waals surface area contributed by atoms with E-state index in [4.69, 9.17) is 0 Å². The summed E-state index contributed by atoms with van der Waals surface area (Å²) in [7, 11) is 0. The van der Waals surface area contributed by atoms with Crippen LogP contribution in [0.15, 0.2) is 24.3 Å². The molecule has 0 saturated heterocycles. The third-order valence-corrected chi connectivity index (χ3v) is 3.36. The number of hydrogen-bond acceptors (Lipinski definition) is 2.